The van der Waals surface area contributed by atoms with Gasteiger partial charge in [-0.25, -0.2) is 0 Å². The van der Waals surface area contributed by atoms with Crippen LogP contribution in [-0.4, -0.2) is 61.2 Å². The Labute approximate surface area is 113 Å². The Kier molecular flexibility index (Phi) is 5.46. The third-order valence-electron chi connectivity index (χ3n) is 4.87. The van der Waals surface area contributed by atoms with Gasteiger partial charge in [-0.3, -0.25) is 4.90 Å². The molecule has 3 unspecified atom stereocenters. The van der Waals surface area contributed by atoms with Gasteiger partial charge in [-0.15, -0.1) is 0 Å². The van der Waals surface area contributed by atoms with Crippen molar-refractivity contribution in [2.24, 2.45) is 5.92 Å². The van der Waals surface area contributed by atoms with Gasteiger partial charge in [-0.2, -0.15) is 0 Å². The Morgan fingerprint density at radius 1 is 1.17 bits per heavy atom. The molecule has 1 saturated heterocycles. The maximum atomic E-state index is 3.68. The van der Waals surface area contributed by atoms with Crippen molar-refractivity contribution in [3.8, 4) is 0 Å². The zero-order chi connectivity index (χ0) is 13.0. The van der Waals surface area contributed by atoms with Crippen molar-refractivity contribution in [2.75, 3.05) is 39.3 Å². The fourth-order valence-corrected chi connectivity index (χ4v) is 3.82. The Balaban J connectivity index is 1.79. The van der Waals surface area contributed by atoms with Crippen molar-refractivity contribution >= 4 is 0 Å². The van der Waals surface area contributed by atoms with Crippen LogP contribution in [0.1, 0.15) is 40.0 Å². The summed E-state index contributed by atoms with van der Waals surface area (Å²) in [5, 5.41) is 3.68. The molecule has 0 aromatic carbocycles. The first-order chi connectivity index (χ1) is 8.74. The smallest absolute Gasteiger partial charge is 0.0195 e. The Bertz CT molecular complexity index is 244. The van der Waals surface area contributed by atoms with Crippen molar-refractivity contribution in [1.82, 2.24) is 15.1 Å². The number of nitrogens with zero attached hydrogens (tertiary/aromatic N) is 2. The van der Waals surface area contributed by atoms with Gasteiger partial charge in [0.2, 0.25) is 0 Å². The highest BCUT2D eigenvalue weighted by atomic mass is 15.3. The molecule has 0 bridgehead atoms. The van der Waals surface area contributed by atoms with E-state index in [2.05, 4.69) is 35.9 Å². The summed E-state index contributed by atoms with van der Waals surface area (Å²) in [5.41, 5.74) is 0. The standard InChI is InChI=1S/C15H31N3/c1-4-16-15-8-6-7-14(15)12-17-9-10-18(5-2)13(3)11-17/h13-16H,4-12H2,1-3H3. The van der Waals surface area contributed by atoms with Crippen LogP contribution >= 0.6 is 0 Å². The van der Waals surface area contributed by atoms with Crippen molar-refractivity contribution in [3.63, 3.8) is 0 Å². The topological polar surface area (TPSA) is 18.5 Å². The molecular weight excluding hydrogens is 222 g/mol. The average molecular weight is 253 g/mol. The monoisotopic (exact) mass is 253 g/mol. The van der Waals surface area contributed by atoms with E-state index >= 15 is 0 Å². The van der Waals surface area contributed by atoms with Gasteiger partial charge in [0.15, 0.2) is 0 Å². The van der Waals surface area contributed by atoms with Gasteiger partial charge in [0.25, 0.3) is 0 Å². The molecule has 18 heavy (non-hydrogen) atoms. The minimum Gasteiger partial charge on any atom is -0.314 e. The van der Waals surface area contributed by atoms with Gasteiger partial charge in [0.05, 0.1) is 0 Å². The second-order valence-corrected chi connectivity index (χ2v) is 6.09. The molecule has 1 saturated carbocycles. The molecular formula is C15H31N3. The molecule has 1 heterocycles. The lowest BCUT2D eigenvalue weighted by Crippen LogP contribution is -2.53. The number of nitrogens with one attached hydrogen (secondary N) is 1. The molecule has 0 radical (unpaired) electrons. The molecule has 2 aliphatic rings. The maximum absolute atomic E-state index is 3.68. The van der Waals surface area contributed by atoms with Crippen LogP contribution in [0, 0.1) is 5.92 Å². The molecule has 3 atom stereocenters. The van der Waals surface area contributed by atoms with Crippen molar-refractivity contribution in [1.29, 1.82) is 0 Å². The second kappa shape index (κ2) is 6.88. The van der Waals surface area contributed by atoms with E-state index in [9.17, 15) is 0 Å². The molecule has 0 amide bonds. The van der Waals surface area contributed by atoms with E-state index in [-0.39, 0.29) is 0 Å². The number of rotatable bonds is 5. The summed E-state index contributed by atoms with van der Waals surface area (Å²) in [6.07, 6.45) is 4.25. The van der Waals surface area contributed by atoms with Crippen LogP contribution in [-0.2, 0) is 0 Å². The molecule has 1 N–H and O–H groups in total. The van der Waals surface area contributed by atoms with Crippen LogP contribution in [0.3, 0.4) is 0 Å². The van der Waals surface area contributed by atoms with Crippen LogP contribution in [0.4, 0.5) is 0 Å². The molecule has 2 fully saturated rings. The van der Waals surface area contributed by atoms with Crippen LogP contribution in [0.2, 0.25) is 0 Å². The number of piperazine rings is 1. The fourth-order valence-electron chi connectivity index (χ4n) is 3.82. The Hall–Kier alpha value is -0.120. The summed E-state index contributed by atoms with van der Waals surface area (Å²) in [5.74, 6) is 0.894. The number of likely N-dealkylation sites (N-methyl/N-ethyl adjacent to an activating group) is 1. The first kappa shape index (κ1) is 14.3. The average Bonchev–Trinajstić information content (AvgIpc) is 2.78. The molecule has 3 nitrogen and oxygen atoms in total. The van der Waals surface area contributed by atoms with Gasteiger partial charge in [-0.05, 0) is 38.8 Å². The van der Waals surface area contributed by atoms with E-state index in [1.165, 1.54) is 52.0 Å². The predicted octanol–water partition coefficient (Wildman–Crippen LogP) is 1.79. The third-order valence-corrected chi connectivity index (χ3v) is 4.87. The summed E-state index contributed by atoms with van der Waals surface area (Å²) in [6, 6.07) is 1.53. The van der Waals surface area contributed by atoms with E-state index in [4.69, 9.17) is 0 Å². The molecule has 1 aliphatic heterocycles. The van der Waals surface area contributed by atoms with Crippen molar-refractivity contribution in [2.45, 2.75) is 52.1 Å². The first-order valence-corrected chi connectivity index (χ1v) is 7.94. The Morgan fingerprint density at radius 3 is 2.67 bits per heavy atom. The highest BCUT2D eigenvalue weighted by molar-refractivity contribution is 4.87. The van der Waals surface area contributed by atoms with E-state index in [0.29, 0.717) is 0 Å². The molecule has 2 rings (SSSR count). The second-order valence-electron chi connectivity index (χ2n) is 6.09. The highest BCUT2D eigenvalue weighted by Gasteiger charge is 2.30. The van der Waals surface area contributed by atoms with Crippen LogP contribution in [0.15, 0.2) is 0 Å². The quantitative estimate of drug-likeness (QED) is 0.806. The lowest BCUT2D eigenvalue weighted by atomic mass is 10.0. The lowest BCUT2D eigenvalue weighted by Gasteiger charge is -2.41. The number of hydrogen-bond donors (Lipinski definition) is 1. The van der Waals surface area contributed by atoms with E-state index in [0.717, 1.165) is 24.5 Å². The van der Waals surface area contributed by atoms with Gasteiger partial charge in [0, 0.05) is 38.3 Å². The van der Waals surface area contributed by atoms with Gasteiger partial charge >= 0.3 is 0 Å². The normalized spacial score (nSPS) is 35.2. The van der Waals surface area contributed by atoms with Gasteiger partial charge in [-0.1, -0.05) is 20.3 Å². The fraction of sp³-hybridized carbons (Fsp3) is 1.00. The molecule has 1 aliphatic carbocycles. The van der Waals surface area contributed by atoms with E-state index < -0.39 is 0 Å². The zero-order valence-corrected chi connectivity index (χ0v) is 12.5. The third kappa shape index (κ3) is 3.46. The minimum atomic E-state index is 0.739. The van der Waals surface area contributed by atoms with E-state index in [1.807, 2.05) is 0 Å². The van der Waals surface area contributed by atoms with Crippen molar-refractivity contribution < 1.29 is 0 Å². The maximum Gasteiger partial charge on any atom is 0.0195 e. The van der Waals surface area contributed by atoms with Crippen LogP contribution in [0.5, 0.6) is 0 Å². The summed E-state index contributed by atoms with van der Waals surface area (Å²) in [4.78, 5) is 5.31. The van der Waals surface area contributed by atoms with E-state index in [1.54, 1.807) is 0 Å². The Morgan fingerprint density at radius 2 is 2.00 bits per heavy atom. The van der Waals surface area contributed by atoms with Crippen molar-refractivity contribution in [3.05, 3.63) is 0 Å². The SMILES string of the molecule is CCNC1CCCC1CN1CCN(CC)C(C)C1. The number of hydrogen-bond acceptors (Lipinski definition) is 3. The molecule has 0 aromatic heterocycles. The highest BCUT2D eigenvalue weighted by Crippen LogP contribution is 2.27. The van der Waals surface area contributed by atoms with Crippen LogP contribution in [0.25, 0.3) is 0 Å². The predicted molar refractivity (Wildman–Crippen MR) is 78.0 cm³/mol. The zero-order valence-electron chi connectivity index (χ0n) is 12.5. The summed E-state index contributed by atoms with van der Waals surface area (Å²) in [7, 11) is 0. The summed E-state index contributed by atoms with van der Waals surface area (Å²) < 4.78 is 0. The molecule has 0 spiro atoms. The first-order valence-electron chi connectivity index (χ1n) is 7.94. The van der Waals surface area contributed by atoms with Gasteiger partial charge in [0.1, 0.15) is 0 Å². The minimum absolute atomic E-state index is 0.739. The largest absolute Gasteiger partial charge is 0.314 e. The van der Waals surface area contributed by atoms with Gasteiger partial charge < -0.3 is 10.2 Å². The molecule has 106 valence electrons. The summed E-state index contributed by atoms with van der Waals surface area (Å²) >= 11 is 0. The molecule has 0 aromatic rings. The summed E-state index contributed by atoms with van der Waals surface area (Å²) in [6.45, 7) is 14.3. The van der Waals surface area contributed by atoms with Crippen LogP contribution < -0.4 is 5.32 Å². The molecule has 3 heteroatoms. The lowest BCUT2D eigenvalue weighted by molar-refractivity contribution is 0.0746.